The average Bonchev–Trinajstić information content (AvgIpc) is 2.98. The van der Waals surface area contributed by atoms with Crippen LogP contribution < -0.4 is 11.0 Å². The van der Waals surface area contributed by atoms with Crippen LogP contribution in [0.4, 0.5) is 0 Å². The molecule has 0 saturated heterocycles. The number of rotatable bonds is 11. The highest BCUT2D eigenvalue weighted by atomic mass is 16.4. The van der Waals surface area contributed by atoms with E-state index in [2.05, 4.69) is 5.32 Å². The molecule has 1 aromatic rings. The maximum Gasteiger partial charge on any atom is 0.328 e. The zero-order chi connectivity index (χ0) is 20.7. The Hall–Kier alpha value is -2.09. The lowest BCUT2D eigenvalue weighted by atomic mass is 9.87. The average molecular weight is 396 g/mol. The molecule has 0 aliphatic heterocycles. The van der Waals surface area contributed by atoms with Crippen molar-refractivity contribution in [1.29, 1.82) is 0 Å². The zero-order valence-electron chi connectivity index (χ0n) is 16.8. The maximum atomic E-state index is 12.6. The molecule has 1 aliphatic carbocycles. The monoisotopic (exact) mass is 395 g/mol. The fraction of sp³-hybridized carbons (Fsp3) is 0.750. The molecule has 3 N–H and O–H groups in total. The summed E-state index contributed by atoms with van der Waals surface area (Å²) in [5.41, 5.74) is -0.250. The van der Waals surface area contributed by atoms with Crippen molar-refractivity contribution in [2.45, 2.75) is 84.0 Å². The summed E-state index contributed by atoms with van der Waals surface area (Å²) in [5, 5.41) is 21.5. The first-order valence-electron chi connectivity index (χ1n) is 10.2. The molecule has 0 bridgehead atoms. The van der Waals surface area contributed by atoms with Gasteiger partial charge in [0.2, 0.25) is 0 Å². The maximum absolute atomic E-state index is 12.6. The van der Waals surface area contributed by atoms with Crippen LogP contribution in [-0.4, -0.2) is 43.4 Å². The van der Waals surface area contributed by atoms with Crippen LogP contribution in [0.3, 0.4) is 0 Å². The Labute approximate surface area is 165 Å². The fourth-order valence-electron chi connectivity index (χ4n) is 3.91. The van der Waals surface area contributed by atoms with Gasteiger partial charge in [0.05, 0.1) is 6.54 Å². The van der Waals surface area contributed by atoms with Gasteiger partial charge in [0, 0.05) is 18.9 Å². The summed E-state index contributed by atoms with van der Waals surface area (Å²) in [6, 6.07) is -2.11. The number of nitrogens with one attached hydrogen (secondary N) is 1. The van der Waals surface area contributed by atoms with Gasteiger partial charge in [-0.3, -0.25) is 24.0 Å². The smallest absolute Gasteiger partial charge is 0.328 e. The van der Waals surface area contributed by atoms with E-state index in [1.807, 2.05) is 13.8 Å². The van der Waals surface area contributed by atoms with E-state index in [9.17, 15) is 24.6 Å². The van der Waals surface area contributed by atoms with Crippen LogP contribution >= 0.6 is 0 Å². The van der Waals surface area contributed by atoms with E-state index in [1.165, 1.54) is 36.7 Å². The lowest BCUT2D eigenvalue weighted by molar-refractivity contribution is -0.143. The van der Waals surface area contributed by atoms with E-state index in [1.54, 1.807) is 17.0 Å². The van der Waals surface area contributed by atoms with Crippen molar-refractivity contribution >= 4 is 11.9 Å². The number of nitrogens with zero attached hydrogens (tertiary/aromatic N) is 2. The Morgan fingerprint density at radius 2 is 1.68 bits per heavy atom. The van der Waals surface area contributed by atoms with Crippen LogP contribution in [0.25, 0.3) is 0 Å². The van der Waals surface area contributed by atoms with Gasteiger partial charge in [-0.25, -0.2) is 4.79 Å². The first-order chi connectivity index (χ1) is 13.3. The highest BCUT2D eigenvalue weighted by Crippen LogP contribution is 2.26. The summed E-state index contributed by atoms with van der Waals surface area (Å²) in [6.45, 7) is 4.29. The summed E-state index contributed by atoms with van der Waals surface area (Å²) in [5.74, 6) is -1.49. The molecule has 28 heavy (non-hydrogen) atoms. The van der Waals surface area contributed by atoms with Crippen molar-refractivity contribution in [3.63, 3.8) is 0 Å². The van der Waals surface area contributed by atoms with Crippen LogP contribution in [0.2, 0.25) is 0 Å². The van der Waals surface area contributed by atoms with Gasteiger partial charge in [-0.1, -0.05) is 46.0 Å². The number of carboxylic acid groups (broad SMARTS) is 2. The molecule has 2 atom stereocenters. The summed E-state index contributed by atoms with van der Waals surface area (Å²) < 4.78 is 2.97. The molecule has 1 unspecified atom stereocenters. The van der Waals surface area contributed by atoms with Crippen molar-refractivity contribution in [3.8, 4) is 0 Å². The largest absolute Gasteiger partial charge is 0.480 e. The van der Waals surface area contributed by atoms with Gasteiger partial charge in [0.25, 0.3) is 0 Å². The molecule has 0 aromatic carbocycles. The minimum atomic E-state index is -1.17. The molecule has 1 aromatic heterocycles. The van der Waals surface area contributed by atoms with E-state index in [4.69, 9.17) is 0 Å². The Morgan fingerprint density at radius 3 is 2.25 bits per heavy atom. The Bertz CT molecular complexity index is 703. The lowest BCUT2D eigenvalue weighted by Gasteiger charge is -2.22. The van der Waals surface area contributed by atoms with Gasteiger partial charge in [-0.15, -0.1) is 0 Å². The summed E-state index contributed by atoms with van der Waals surface area (Å²) in [6.07, 6.45) is 10.8. The van der Waals surface area contributed by atoms with Crippen LogP contribution in [0.15, 0.2) is 17.2 Å². The number of carboxylic acids is 2. The van der Waals surface area contributed by atoms with Crippen molar-refractivity contribution in [3.05, 3.63) is 22.9 Å². The molecule has 2 rings (SSSR count). The standard InChI is InChI=1S/C20H33N3O5/c1-14(2)12-16(18(24)25)21-17(19(26)27)13-23-11-10-22(20(23)28)9-8-15-6-4-3-5-7-15/h10-11,14-17,21H,3-9,12-13H2,1-2H3,(H,24,25)(H,26,27)/t16-,17?/m0/s1. The van der Waals surface area contributed by atoms with Crippen LogP contribution in [0, 0.1) is 11.8 Å². The molecule has 1 heterocycles. The number of hydrogen-bond acceptors (Lipinski definition) is 4. The second kappa shape index (κ2) is 10.5. The fourth-order valence-corrected chi connectivity index (χ4v) is 3.91. The van der Waals surface area contributed by atoms with E-state index >= 15 is 0 Å². The van der Waals surface area contributed by atoms with Crippen molar-refractivity contribution in [2.24, 2.45) is 11.8 Å². The van der Waals surface area contributed by atoms with Crippen LogP contribution in [0.1, 0.15) is 58.8 Å². The Balaban J connectivity index is 2.00. The van der Waals surface area contributed by atoms with E-state index in [0.717, 1.165) is 6.42 Å². The molecule has 1 fully saturated rings. The molecular formula is C20H33N3O5. The van der Waals surface area contributed by atoms with E-state index in [-0.39, 0.29) is 18.2 Å². The SMILES string of the molecule is CC(C)C[C@H](NC(Cn1ccn(CCC2CCCCC2)c1=O)C(=O)O)C(=O)O. The predicted molar refractivity (Wildman–Crippen MR) is 105 cm³/mol. The quantitative estimate of drug-likeness (QED) is 0.529. The molecular weight excluding hydrogens is 362 g/mol. The number of hydrogen-bond donors (Lipinski definition) is 3. The number of carbonyl (C=O) groups is 2. The molecule has 0 radical (unpaired) electrons. The summed E-state index contributed by atoms with van der Waals surface area (Å²) in [4.78, 5) is 35.6. The molecule has 0 amide bonds. The lowest BCUT2D eigenvalue weighted by Crippen LogP contribution is -2.50. The first-order valence-corrected chi connectivity index (χ1v) is 10.2. The number of imidazole rings is 1. The zero-order valence-corrected chi connectivity index (χ0v) is 16.8. The topological polar surface area (TPSA) is 114 Å². The van der Waals surface area contributed by atoms with Crippen LogP contribution in [-0.2, 0) is 22.7 Å². The second-order valence-corrected chi connectivity index (χ2v) is 8.30. The molecule has 158 valence electrons. The van der Waals surface area contributed by atoms with Crippen molar-refractivity contribution in [1.82, 2.24) is 14.5 Å². The second-order valence-electron chi connectivity index (χ2n) is 8.30. The van der Waals surface area contributed by atoms with Gasteiger partial charge in [-0.05, 0) is 24.7 Å². The van der Waals surface area contributed by atoms with E-state index < -0.39 is 24.0 Å². The molecule has 0 spiro atoms. The van der Waals surface area contributed by atoms with Crippen molar-refractivity contribution in [2.75, 3.05) is 0 Å². The minimum absolute atomic E-state index is 0.103. The normalized spacial score (nSPS) is 17.5. The predicted octanol–water partition coefficient (Wildman–Crippen LogP) is 2.16. The molecule has 8 heteroatoms. The Kier molecular flexibility index (Phi) is 8.29. The molecule has 1 aliphatic rings. The summed E-state index contributed by atoms with van der Waals surface area (Å²) >= 11 is 0. The van der Waals surface area contributed by atoms with Gasteiger partial charge < -0.3 is 10.2 Å². The Morgan fingerprint density at radius 1 is 1.07 bits per heavy atom. The van der Waals surface area contributed by atoms with Crippen molar-refractivity contribution < 1.29 is 19.8 Å². The van der Waals surface area contributed by atoms with Gasteiger partial charge in [0.15, 0.2) is 0 Å². The molecule has 8 nitrogen and oxygen atoms in total. The number of aryl methyl sites for hydroxylation is 1. The van der Waals surface area contributed by atoms with Crippen LogP contribution in [0.5, 0.6) is 0 Å². The first kappa shape index (κ1) is 22.2. The third-order valence-electron chi connectivity index (χ3n) is 5.51. The number of aromatic nitrogens is 2. The number of aliphatic carboxylic acids is 2. The van der Waals surface area contributed by atoms with Gasteiger partial charge in [-0.2, -0.15) is 0 Å². The van der Waals surface area contributed by atoms with Gasteiger partial charge >= 0.3 is 17.6 Å². The minimum Gasteiger partial charge on any atom is -0.480 e. The third-order valence-corrected chi connectivity index (χ3v) is 5.51. The molecule has 1 saturated carbocycles. The highest BCUT2D eigenvalue weighted by Gasteiger charge is 2.27. The van der Waals surface area contributed by atoms with E-state index in [0.29, 0.717) is 18.9 Å². The highest BCUT2D eigenvalue weighted by molar-refractivity contribution is 5.77. The summed E-state index contributed by atoms with van der Waals surface area (Å²) in [7, 11) is 0. The van der Waals surface area contributed by atoms with Gasteiger partial charge in [0.1, 0.15) is 12.1 Å². The third kappa shape index (κ3) is 6.51.